The largest absolute Gasteiger partial charge is 0.494 e. The van der Waals surface area contributed by atoms with E-state index in [2.05, 4.69) is 30.7 Å². The predicted octanol–water partition coefficient (Wildman–Crippen LogP) is 4.19. The fourth-order valence-electron chi connectivity index (χ4n) is 5.77. The van der Waals surface area contributed by atoms with Crippen LogP contribution in [-0.4, -0.2) is 89.6 Å². The number of ether oxygens (including phenoxy) is 2. The van der Waals surface area contributed by atoms with Gasteiger partial charge in [-0.1, -0.05) is 24.3 Å². The van der Waals surface area contributed by atoms with Crippen molar-refractivity contribution in [3.63, 3.8) is 0 Å². The van der Waals surface area contributed by atoms with Crippen LogP contribution in [0.15, 0.2) is 60.4 Å². The van der Waals surface area contributed by atoms with Gasteiger partial charge in [-0.15, -0.1) is 11.3 Å². The minimum absolute atomic E-state index is 0.180. The van der Waals surface area contributed by atoms with Crippen molar-refractivity contribution < 1.29 is 28.4 Å². The number of anilines is 2. The first-order chi connectivity index (χ1) is 25.0. The molecule has 1 amide bonds. The molecular weight excluding hydrogens is 683 g/mol. The van der Waals surface area contributed by atoms with E-state index in [1.165, 1.54) is 12.4 Å². The summed E-state index contributed by atoms with van der Waals surface area (Å²) in [5.41, 5.74) is 6.38. The average molecular weight is 725 g/mol. The summed E-state index contributed by atoms with van der Waals surface area (Å²) in [7, 11) is 3.05. The summed E-state index contributed by atoms with van der Waals surface area (Å²) in [6.07, 6.45) is 4.69. The first-order valence-corrected chi connectivity index (χ1v) is 17.9. The Hall–Kier alpha value is -4.74. The lowest BCUT2D eigenvalue weighted by Gasteiger charge is -2.32. The van der Waals surface area contributed by atoms with Gasteiger partial charge in [0.1, 0.15) is 0 Å². The van der Waals surface area contributed by atoms with Crippen LogP contribution in [-0.2, 0) is 32.0 Å². The number of rotatable bonds is 11. The molecule has 7 rings (SSSR count). The van der Waals surface area contributed by atoms with Crippen molar-refractivity contribution in [2.45, 2.75) is 52.0 Å². The van der Waals surface area contributed by atoms with Crippen LogP contribution in [0.5, 0.6) is 5.88 Å². The van der Waals surface area contributed by atoms with Gasteiger partial charge in [0.25, 0.3) is 5.91 Å². The van der Waals surface area contributed by atoms with Gasteiger partial charge >= 0.3 is 7.12 Å². The highest BCUT2D eigenvalue weighted by Crippen LogP contribution is 2.37. The minimum atomic E-state index is -0.445. The van der Waals surface area contributed by atoms with Gasteiger partial charge in [-0.25, -0.2) is 30.4 Å². The molecule has 0 saturated carbocycles. The monoisotopic (exact) mass is 724 g/mol. The summed E-state index contributed by atoms with van der Waals surface area (Å²) >= 11 is 1.61. The lowest BCUT2D eigenvalue weighted by atomic mass is 9.79. The number of pyridine rings is 1. The molecule has 2 saturated heterocycles. The number of methoxy groups -OCH3 is 1. The molecule has 6 heterocycles. The molecule has 2 aliphatic rings. The molecule has 0 bridgehead atoms. The Labute approximate surface area is 306 Å². The minimum Gasteiger partial charge on any atom is -0.481 e. The van der Waals surface area contributed by atoms with E-state index in [0.717, 1.165) is 51.3 Å². The first kappa shape index (κ1) is 35.7. The van der Waals surface area contributed by atoms with E-state index >= 15 is 0 Å². The van der Waals surface area contributed by atoms with E-state index in [9.17, 15) is 4.79 Å². The number of hydroxylamine groups is 1. The van der Waals surface area contributed by atoms with Crippen LogP contribution in [0.2, 0.25) is 0 Å². The van der Waals surface area contributed by atoms with Gasteiger partial charge in [0.15, 0.2) is 11.6 Å². The van der Waals surface area contributed by atoms with Gasteiger partial charge in [-0.05, 0) is 50.2 Å². The summed E-state index contributed by atoms with van der Waals surface area (Å²) in [6, 6.07) is 11.4. The molecule has 2 fully saturated rings. The molecule has 0 spiro atoms. The van der Waals surface area contributed by atoms with E-state index in [-0.39, 0.29) is 12.2 Å². The number of aromatic nitrogens is 5. The van der Waals surface area contributed by atoms with Gasteiger partial charge in [-0.3, -0.25) is 9.63 Å². The zero-order chi connectivity index (χ0) is 36.5. The van der Waals surface area contributed by atoms with E-state index in [0.29, 0.717) is 37.4 Å². The number of hydrogen-bond donors (Lipinski definition) is 1. The Bertz CT molecular complexity index is 2010. The van der Waals surface area contributed by atoms with Crippen molar-refractivity contribution in [2.75, 3.05) is 50.3 Å². The quantitative estimate of drug-likeness (QED) is 0.154. The maximum atomic E-state index is 12.8. The molecule has 4 aromatic heterocycles. The second-order valence-corrected chi connectivity index (χ2v) is 14.6. The molecule has 1 N–H and O–H groups in total. The summed E-state index contributed by atoms with van der Waals surface area (Å²) < 4.78 is 24.1. The van der Waals surface area contributed by atoms with Crippen molar-refractivity contribution in [3.8, 4) is 17.3 Å². The molecular formula is C36H41BN8O6S. The second kappa shape index (κ2) is 14.7. The average Bonchev–Trinajstić information content (AvgIpc) is 3.66. The zero-order valence-electron chi connectivity index (χ0n) is 30.1. The van der Waals surface area contributed by atoms with Crippen molar-refractivity contribution in [2.24, 2.45) is 0 Å². The van der Waals surface area contributed by atoms with E-state index in [4.69, 9.17) is 33.6 Å². The Kier molecular flexibility index (Phi) is 10.1. The number of amides is 1. The molecule has 16 heteroatoms. The zero-order valence-corrected chi connectivity index (χ0v) is 30.9. The first-order valence-electron chi connectivity index (χ1n) is 17.0. The molecule has 0 radical (unpaired) electrons. The van der Waals surface area contributed by atoms with E-state index in [1.54, 1.807) is 30.7 Å². The van der Waals surface area contributed by atoms with Gasteiger partial charge in [0.05, 0.1) is 53.9 Å². The van der Waals surface area contributed by atoms with Crippen molar-refractivity contribution >= 4 is 51.8 Å². The van der Waals surface area contributed by atoms with Gasteiger partial charge < -0.3 is 28.6 Å². The third-order valence-corrected chi connectivity index (χ3v) is 10.6. The maximum absolute atomic E-state index is 12.8. The number of nitrogens with zero attached hydrogens (tertiary/aromatic N) is 7. The Morgan fingerprint density at radius 3 is 2.35 bits per heavy atom. The molecule has 0 unspecified atom stereocenters. The van der Waals surface area contributed by atoms with Gasteiger partial charge in [0.2, 0.25) is 11.8 Å². The van der Waals surface area contributed by atoms with Crippen molar-refractivity contribution in [1.29, 1.82) is 0 Å². The number of nitrogens with one attached hydrogen (secondary N) is 1. The highest BCUT2D eigenvalue weighted by atomic mass is 32.1. The lowest BCUT2D eigenvalue weighted by molar-refractivity contribution is 0.00578. The number of carbonyl (C=O) groups excluding carboxylic acids is 1. The van der Waals surface area contributed by atoms with Crippen LogP contribution in [0.4, 0.5) is 11.8 Å². The number of morpholine rings is 1. The van der Waals surface area contributed by atoms with E-state index in [1.807, 2.05) is 70.0 Å². The molecule has 1 aromatic carbocycles. The Balaban J connectivity index is 0.987. The Morgan fingerprint density at radius 1 is 0.981 bits per heavy atom. The summed E-state index contributed by atoms with van der Waals surface area (Å²) in [5.74, 6) is 2.00. The van der Waals surface area contributed by atoms with Crippen LogP contribution in [0, 0.1) is 0 Å². The molecule has 0 aliphatic carbocycles. The SMILES string of the molecule is COc1ccc(-c2nc(N3CCOCC3)c3scc(CN(C)c4ncc(C(=O)NOCc5ccc(B6OC(C)(C)C(C)(C)O6)cc5)cn4)c3n2)cn1. The number of fused-ring (bicyclic) bond motifs is 1. The van der Waals surface area contributed by atoms with Crippen LogP contribution in [0.3, 0.4) is 0 Å². The van der Waals surface area contributed by atoms with E-state index < -0.39 is 24.2 Å². The number of benzene rings is 1. The van der Waals surface area contributed by atoms with Crippen LogP contribution in [0.1, 0.15) is 49.2 Å². The molecule has 5 aromatic rings. The fraction of sp³-hybridized carbons (Fsp3) is 0.389. The Morgan fingerprint density at radius 2 is 1.69 bits per heavy atom. The van der Waals surface area contributed by atoms with Crippen LogP contribution in [0.25, 0.3) is 21.6 Å². The van der Waals surface area contributed by atoms with Crippen molar-refractivity contribution in [3.05, 3.63) is 77.1 Å². The topological polar surface area (TPSA) is 146 Å². The highest BCUT2D eigenvalue weighted by Gasteiger charge is 2.51. The summed E-state index contributed by atoms with van der Waals surface area (Å²) in [5, 5.41) is 2.10. The van der Waals surface area contributed by atoms with Gasteiger partial charge in [-0.2, -0.15) is 0 Å². The number of carbonyl (C=O) groups is 1. The number of hydrogen-bond acceptors (Lipinski definition) is 14. The normalized spacial score (nSPS) is 16.7. The molecule has 2 aliphatic heterocycles. The standard InChI is InChI=1S/C36H41BN8O6S/c1-35(2)36(3,4)51-37(50-35)27-10-7-23(8-11-27)21-49-43-33(46)25-18-39-34(40-19-25)44(5)20-26-22-52-30-29(26)41-31(24-9-12-28(47-6)38-17-24)42-32(30)45-13-15-48-16-14-45/h7-12,17-19,22H,13-16,20-21H2,1-6H3,(H,43,46). The predicted molar refractivity (Wildman–Crippen MR) is 199 cm³/mol. The van der Waals surface area contributed by atoms with Crippen LogP contribution < -0.4 is 25.5 Å². The number of thiophene rings is 1. The third kappa shape index (κ3) is 7.43. The molecule has 270 valence electrons. The summed E-state index contributed by atoms with van der Waals surface area (Å²) in [4.78, 5) is 45.8. The molecule has 14 nitrogen and oxygen atoms in total. The second-order valence-electron chi connectivity index (χ2n) is 13.7. The smallest absolute Gasteiger partial charge is 0.481 e. The van der Waals surface area contributed by atoms with Crippen LogP contribution >= 0.6 is 11.3 Å². The lowest BCUT2D eigenvalue weighted by Crippen LogP contribution is -2.41. The summed E-state index contributed by atoms with van der Waals surface area (Å²) in [6.45, 7) is 11.5. The maximum Gasteiger partial charge on any atom is 0.494 e. The van der Waals surface area contributed by atoms with Crippen molar-refractivity contribution in [1.82, 2.24) is 30.4 Å². The highest BCUT2D eigenvalue weighted by molar-refractivity contribution is 7.18. The fourth-order valence-corrected chi connectivity index (χ4v) is 6.79. The third-order valence-electron chi connectivity index (χ3n) is 9.54. The van der Waals surface area contributed by atoms with Gasteiger partial charge in [0, 0.05) is 62.5 Å². The molecule has 0 atom stereocenters. The molecule has 52 heavy (non-hydrogen) atoms.